The monoisotopic (exact) mass is 359 g/mol. The van der Waals surface area contributed by atoms with Gasteiger partial charge in [0.25, 0.3) is 0 Å². The topological polar surface area (TPSA) is 44.4 Å². The minimum atomic E-state index is 0.0581. The molecule has 2 N–H and O–H groups in total. The highest BCUT2D eigenvalue weighted by molar-refractivity contribution is 7.07. The molecule has 5 fully saturated rings. The van der Waals surface area contributed by atoms with Crippen molar-refractivity contribution in [2.45, 2.75) is 56.5 Å². The molecule has 1 aliphatic heterocycles. The summed E-state index contributed by atoms with van der Waals surface area (Å²) in [7, 11) is 0. The summed E-state index contributed by atoms with van der Waals surface area (Å²) in [5.74, 6) is 2.60. The molecule has 4 nitrogen and oxygen atoms in total. The van der Waals surface area contributed by atoms with Gasteiger partial charge in [-0.2, -0.15) is 11.3 Å². The number of hydrogen-bond donors (Lipinski definition) is 2. The number of nitrogens with one attached hydrogen (secondary N) is 2. The highest BCUT2D eigenvalue weighted by Crippen LogP contribution is 2.55. The Kier molecular flexibility index (Phi) is 4.05. The Hall–Kier alpha value is -1.07. The predicted octanol–water partition coefficient (Wildman–Crippen LogP) is 3.76. The second-order valence-corrected chi connectivity index (χ2v) is 9.77. The van der Waals surface area contributed by atoms with Crippen LogP contribution in [0.3, 0.4) is 0 Å². The van der Waals surface area contributed by atoms with Crippen molar-refractivity contribution in [3.8, 4) is 0 Å². The molecule has 1 aromatic rings. The summed E-state index contributed by atoms with van der Waals surface area (Å²) in [4.78, 5) is 15.2. The van der Waals surface area contributed by atoms with Gasteiger partial charge in [0.15, 0.2) is 0 Å². The molecule has 136 valence electrons. The van der Waals surface area contributed by atoms with Crippen LogP contribution >= 0.6 is 11.3 Å². The SMILES string of the molecule is O=C(NC[C@@H](c1ccsc1)N1CCC1)NC12CC3CC(CC(C3)C1)C2. The molecule has 1 atom stereocenters. The van der Waals surface area contributed by atoms with Crippen molar-refractivity contribution in [3.63, 3.8) is 0 Å². The first-order chi connectivity index (χ1) is 12.2. The van der Waals surface area contributed by atoms with Crippen LogP contribution in [-0.2, 0) is 0 Å². The fraction of sp³-hybridized carbons (Fsp3) is 0.750. The summed E-state index contributed by atoms with van der Waals surface area (Å²) in [6.45, 7) is 3.02. The molecule has 2 amide bonds. The number of likely N-dealkylation sites (tertiary alicyclic amines) is 1. The van der Waals surface area contributed by atoms with E-state index in [0.29, 0.717) is 6.04 Å². The third kappa shape index (κ3) is 3.10. The molecular formula is C20H29N3OS. The van der Waals surface area contributed by atoms with Crippen molar-refractivity contribution in [2.24, 2.45) is 17.8 Å². The van der Waals surface area contributed by atoms with Crippen molar-refractivity contribution in [1.82, 2.24) is 15.5 Å². The standard InChI is InChI=1S/C20H29N3OS/c24-19(21-12-18(23-3-1-4-23)17-2-5-25-13-17)22-20-9-14-6-15(10-20)8-16(7-14)11-20/h2,5,13-16,18H,1,3-4,6-12H2,(H2,21,22,24)/t14?,15?,16?,18-,20?/m0/s1. The Labute approximate surface area is 154 Å². The third-order valence-electron chi connectivity index (χ3n) is 7.13. The van der Waals surface area contributed by atoms with E-state index >= 15 is 0 Å². The molecule has 4 aliphatic carbocycles. The molecule has 0 aromatic carbocycles. The Morgan fingerprint density at radius 3 is 2.40 bits per heavy atom. The van der Waals surface area contributed by atoms with E-state index in [1.54, 1.807) is 11.3 Å². The number of carbonyl (C=O) groups is 1. The fourth-order valence-electron chi connectivity index (χ4n) is 6.31. The zero-order chi connectivity index (χ0) is 16.9. The molecule has 1 aromatic heterocycles. The number of hydrogen-bond acceptors (Lipinski definition) is 3. The van der Waals surface area contributed by atoms with Gasteiger partial charge in [-0.3, -0.25) is 4.90 Å². The van der Waals surface area contributed by atoms with Gasteiger partial charge in [0, 0.05) is 25.2 Å². The maximum Gasteiger partial charge on any atom is 0.315 e. The van der Waals surface area contributed by atoms with Gasteiger partial charge in [0.2, 0.25) is 0 Å². The van der Waals surface area contributed by atoms with E-state index in [1.807, 2.05) is 0 Å². The lowest BCUT2D eigenvalue weighted by Gasteiger charge is -2.56. The summed E-state index contributed by atoms with van der Waals surface area (Å²) < 4.78 is 0. The molecular weight excluding hydrogens is 330 g/mol. The van der Waals surface area contributed by atoms with Crippen molar-refractivity contribution >= 4 is 17.4 Å². The fourth-order valence-corrected chi connectivity index (χ4v) is 7.02. The number of carbonyl (C=O) groups excluding carboxylic acids is 1. The van der Waals surface area contributed by atoms with Crippen molar-refractivity contribution < 1.29 is 4.79 Å². The van der Waals surface area contributed by atoms with E-state index in [4.69, 9.17) is 0 Å². The highest BCUT2D eigenvalue weighted by atomic mass is 32.1. The summed E-state index contributed by atoms with van der Waals surface area (Å²) in [6.07, 6.45) is 9.17. The van der Waals surface area contributed by atoms with Crippen molar-refractivity contribution in [1.29, 1.82) is 0 Å². The van der Waals surface area contributed by atoms with Crippen molar-refractivity contribution in [2.75, 3.05) is 19.6 Å². The van der Waals surface area contributed by atoms with Crippen LogP contribution in [0.25, 0.3) is 0 Å². The maximum absolute atomic E-state index is 12.7. The van der Waals surface area contributed by atoms with Gasteiger partial charge in [0.1, 0.15) is 0 Å². The molecule has 1 saturated heterocycles. The minimum absolute atomic E-state index is 0.0581. The Morgan fingerprint density at radius 1 is 1.20 bits per heavy atom. The summed E-state index contributed by atoms with van der Waals surface area (Å²) in [5.41, 5.74) is 1.45. The van der Waals surface area contributed by atoms with E-state index in [9.17, 15) is 4.79 Å². The van der Waals surface area contributed by atoms with Crippen LogP contribution in [-0.4, -0.2) is 36.1 Å². The second kappa shape index (κ2) is 6.27. The normalized spacial score (nSPS) is 37.5. The average Bonchev–Trinajstić information content (AvgIpc) is 3.01. The van der Waals surface area contributed by atoms with Gasteiger partial charge in [-0.05, 0) is 85.1 Å². The Morgan fingerprint density at radius 2 is 1.88 bits per heavy atom. The van der Waals surface area contributed by atoms with Crippen LogP contribution in [0.4, 0.5) is 4.79 Å². The summed E-state index contributed by atoms with van der Waals surface area (Å²) in [6, 6.07) is 2.59. The first-order valence-corrected chi connectivity index (χ1v) is 11.0. The molecule has 25 heavy (non-hydrogen) atoms. The van der Waals surface area contributed by atoms with Gasteiger partial charge in [-0.25, -0.2) is 4.79 Å². The molecule has 5 aliphatic rings. The van der Waals surface area contributed by atoms with E-state index in [1.165, 1.54) is 50.5 Å². The number of urea groups is 1. The first-order valence-electron chi connectivity index (χ1n) is 10.0. The highest BCUT2D eigenvalue weighted by Gasteiger charge is 2.51. The van der Waals surface area contributed by atoms with Crippen molar-refractivity contribution in [3.05, 3.63) is 22.4 Å². The zero-order valence-electron chi connectivity index (χ0n) is 14.9. The van der Waals surface area contributed by atoms with E-state index < -0.39 is 0 Å². The first kappa shape index (κ1) is 16.1. The number of nitrogens with zero attached hydrogens (tertiary/aromatic N) is 1. The Bertz CT molecular complexity index is 590. The van der Waals surface area contributed by atoms with Crippen LogP contribution in [0.2, 0.25) is 0 Å². The second-order valence-electron chi connectivity index (χ2n) is 8.99. The van der Waals surface area contributed by atoms with Crippen LogP contribution in [0.1, 0.15) is 56.6 Å². The van der Waals surface area contributed by atoms with Crippen LogP contribution in [0.15, 0.2) is 16.8 Å². The van der Waals surface area contributed by atoms with Gasteiger partial charge in [-0.1, -0.05) is 0 Å². The van der Waals surface area contributed by atoms with E-state index in [0.717, 1.165) is 37.4 Å². The van der Waals surface area contributed by atoms with Crippen LogP contribution < -0.4 is 10.6 Å². The molecule has 4 bridgehead atoms. The predicted molar refractivity (Wildman–Crippen MR) is 101 cm³/mol. The quantitative estimate of drug-likeness (QED) is 0.841. The lowest BCUT2D eigenvalue weighted by Crippen LogP contribution is -2.61. The lowest BCUT2D eigenvalue weighted by atomic mass is 9.53. The molecule has 2 heterocycles. The lowest BCUT2D eigenvalue weighted by molar-refractivity contribution is -0.0136. The largest absolute Gasteiger partial charge is 0.336 e. The Balaban J connectivity index is 1.20. The number of amides is 2. The minimum Gasteiger partial charge on any atom is -0.336 e. The third-order valence-corrected chi connectivity index (χ3v) is 7.83. The van der Waals surface area contributed by atoms with E-state index in [-0.39, 0.29) is 11.6 Å². The van der Waals surface area contributed by atoms with Crippen LogP contribution in [0.5, 0.6) is 0 Å². The molecule has 6 rings (SSSR count). The number of thiophene rings is 1. The zero-order valence-corrected chi connectivity index (χ0v) is 15.7. The summed E-state index contributed by atoms with van der Waals surface area (Å²) >= 11 is 1.74. The molecule has 0 spiro atoms. The van der Waals surface area contributed by atoms with Gasteiger partial charge < -0.3 is 10.6 Å². The average molecular weight is 360 g/mol. The van der Waals surface area contributed by atoms with E-state index in [2.05, 4.69) is 32.4 Å². The van der Waals surface area contributed by atoms with Crippen LogP contribution in [0, 0.1) is 17.8 Å². The van der Waals surface area contributed by atoms with Gasteiger partial charge in [0.05, 0.1) is 6.04 Å². The molecule has 5 heteroatoms. The maximum atomic E-state index is 12.7. The molecule has 0 unspecified atom stereocenters. The number of rotatable bonds is 5. The smallest absolute Gasteiger partial charge is 0.315 e. The summed E-state index contributed by atoms with van der Waals surface area (Å²) in [5, 5.41) is 11.0. The molecule has 0 radical (unpaired) electrons. The van der Waals surface area contributed by atoms with Gasteiger partial charge in [-0.15, -0.1) is 0 Å². The van der Waals surface area contributed by atoms with Gasteiger partial charge >= 0.3 is 6.03 Å². The molecule has 4 saturated carbocycles.